The number of carbonyl (C=O) groups excluding carboxylic acids is 2. The molecule has 1 aliphatic heterocycles. The molecular formula is C34H39F3N6O4. The van der Waals surface area contributed by atoms with Gasteiger partial charge in [-0.05, 0) is 60.0 Å². The van der Waals surface area contributed by atoms with E-state index in [0.717, 1.165) is 29.8 Å². The Labute approximate surface area is 270 Å². The van der Waals surface area contributed by atoms with Crippen LogP contribution in [0.15, 0.2) is 60.7 Å². The van der Waals surface area contributed by atoms with E-state index in [4.69, 9.17) is 20.2 Å². The predicted octanol–water partition coefficient (Wildman–Crippen LogP) is 5.60. The highest BCUT2D eigenvalue weighted by atomic mass is 19.4. The minimum Gasteiger partial charge on any atom is -0.383 e. The number of hydrogen-bond donors (Lipinski definition) is 4. The molecule has 0 saturated heterocycles. The van der Waals surface area contributed by atoms with Crippen LogP contribution in [0, 0.1) is 5.92 Å². The second-order valence-electron chi connectivity index (χ2n) is 11.4. The molecule has 2 amide bonds. The Kier molecular flexibility index (Phi) is 10.8. The molecule has 0 bridgehead atoms. The maximum atomic E-state index is 13.6. The molecule has 0 saturated carbocycles. The zero-order valence-corrected chi connectivity index (χ0v) is 26.3. The van der Waals surface area contributed by atoms with Crippen LogP contribution in [0.1, 0.15) is 47.8 Å². The fourth-order valence-electron chi connectivity index (χ4n) is 5.53. The number of nitrogens with one attached hydrogen (secondary N) is 3. The van der Waals surface area contributed by atoms with Crippen molar-refractivity contribution in [1.29, 1.82) is 0 Å². The number of anilines is 2. The first kappa shape index (κ1) is 33.9. The van der Waals surface area contributed by atoms with E-state index >= 15 is 0 Å². The molecule has 2 heterocycles. The molecule has 1 aromatic heterocycles. The molecule has 1 aliphatic rings. The summed E-state index contributed by atoms with van der Waals surface area (Å²) in [6.07, 6.45) is -3.73. The predicted molar refractivity (Wildman–Crippen MR) is 174 cm³/mol. The van der Waals surface area contributed by atoms with Gasteiger partial charge in [-0.15, -0.1) is 0 Å². The monoisotopic (exact) mass is 652 g/mol. The fraction of sp³-hybridized carbons (Fsp3) is 0.382. The highest BCUT2D eigenvalue weighted by Gasteiger charge is 2.34. The van der Waals surface area contributed by atoms with Gasteiger partial charge in [-0.3, -0.25) is 9.59 Å². The van der Waals surface area contributed by atoms with Crippen molar-refractivity contribution in [2.45, 2.75) is 39.0 Å². The van der Waals surface area contributed by atoms with Crippen LogP contribution in [-0.4, -0.2) is 60.9 Å². The number of rotatable bonds is 14. The molecule has 5 rings (SSSR count). The summed E-state index contributed by atoms with van der Waals surface area (Å²) in [6, 6.07) is 15.0. The number of aromatic nitrogens is 2. The second kappa shape index (κ2) is 15.0. The molecule has 0 spiro atoms. The number of alkyl halides is 3. The average molecular weight is 653 g/mol. The summed E-state index contributed by atoms with van der Waals surface area (Å²) in [6.45, 7) is 6.87. The fourth-order valence-corrected chi connectivity index (χ4v) is 5.53. The molecule has 1 unspecified atom stereocenters. The topological polar surface area (TPSA) is 133 Å². The number of ether oxygens (including phenoxy) is 2. The van der Waals surface area contributed by atoms with E-state index in [0.29, 0.717) is 73.2 Å². The maximum absolute atomic E-state index is 13.6. The first-order valence-electron chi connectivity index (χ1n) is 15.6. The standard InChI is InChI=1S/C34H39F3N6O4/c1-3-21(2)30-33(45)42-27-9-8-25(39-12-14-47-16-15-46-13-11-38)19-26(27)31-41-28-18-23(7-10-29(28)43(30)31)32(44)40-20-22-5-4-6-24(17-22)34(35,36)37/h4-10,17-19,21,30,39H,3,11-16,20,38H2,1-2H3,(H,40,44)(H,42,45)/t21-,30?/m0/s1. The van der Waals surface area contributed by atoms with E-state index in [1.165, 1.54) is 12.1 Å². The van der Waals surface area contributed by atoms with Gasteiger partial charge in [0, 0.05) is 36.4 Å². The van der Waals surface area contributed by atoms with Crippen molar-refractivity contribution in [3.8, 4) is 11.4 Å². The molecular weight excluding hydrogens is 613 g/mol. The van der Waals surface area contributed by atoms with E-state index in [9.17, 15) is 22.8 Å². The number of halogens is 3. The molecule has 2 atom stereocenters. The Morgan fingerprint density at radius 1 is 1.06 bits per heavy atom. The van der Waals surface area contributed by atoms with Gasteiger partial charge in [-0.2, -0.15) is 13.2 Å². The maximum Gasteiger partial charge on any atom is 0.416 e. The quantitative estimate of drug-likeness (QED) is 0.131. The summed E-state index contributed by atoms with van der Waals surface area (Å²) < 4.78 is 52.3. The van der Waals surface area contributed by atoms with Gasteiger partial charge in [0.1, 0.15) is 11.9 Å². The van der Waals surface area contributed by atoms with Crippen LogP contribution in [0.4, 0.5) is 24.5 Å². The van der Waals surface area contributed by atoms with E-state index in [-0.39, 0.29) is 18.4 Å². The summed E-state index contributed by atoms with van der Waals surface area (Å²) in [5, 5.41) is 9.13. The lowest BCUT2D eigenvalue weighted by molar-refractivity contribution is -0.137. The minimum atomic E-state index is -4.47. The number of benzene rings is 3. The normalized spacial score (nSPS) is 15.0. The third kappa shape index (κ3) is 7.92. The largest absolute Gasteiger partial charge is 0.416 e. The first-order chi connectivity index (χ1) is 22.6. The SMILES string of the molecule is CC[C@H](C)C1C(=O)Nc2ccc(NCCOCCOCCN)cc2-c2nc3cc(C(=O)NCc4cccc(C(F)(F)F)c4)ccc3n21. The Morgan fingerprint density at radius 2 is 1.85 bits per heavy atom. The number of imidazole rings is 1. The number of hydrogen-bond acceptors (Lipinski definition) is 7. The van der Waals surface area contributed by atoms with Crippen molar-refractivity contribution in [3.63, 3.8) is 0 Å². The molecule has 5 N–H and O–H groups in total. The van der Waals surface area contributed by atoms with Gasteiger partial charge >= 0.3 is 6.18 Å². The highest BCUT2D eigenvalue weighted by Crippen LogP contribution is 2.40. The average Bonchev–Trinajstić information content (AvgIpc) is 3.37. The second-order valence-corrected chi connectivity index (χ2v) is 11.4. The third-order valence-corrected chi connectivity index (χ3v) is 8.12. The van der Waals surface area contributed by atoms with Gasteiger partial charge in [0.05, 0.1) is 48.7 Å². The van der Waals surface area contributed by atoms with Gasteiger partial charge in [0.2, 0.25) is 5.91 Å². The van der Waals surface area contributed by atoms with Crippen LogP contribution >= 0.6 is 0 Å². The van der Waals surface area contributed by atoms with E-state index in [1.54, 1.807) is 18.2 Å². The van der Waals surface area contributed by atoms with Gasteiger partial charge < -0.3 is 35.7 Å². The minimum absolute atomic E-state index is 0.0283. The van der Waals surface area contributed by atoms with Gasteiger partial charge in [0.15, 0.2) is 0 Å². The molecule has 3 aromatic carbocycles. The summed E-state index contributed by atoms with van der Waals surface area (Å²) >= 11 is 0. The van der Waals surface area contributed by atoms with Crippen molar-refractivity contribution in [3.05, 3.63) is 77.4 Å². The molecule has 13 heteroatoms. The van der Waals surface area contributed by atoms with Crippen LogP contribution in [0.2, 0.25) is 0 Å². The number of fused-ring (bicyclic) bond motifs is 5. The van der Waals surface area contributed by atoms with Crippen LogP contribution in [0.25, 0.3) is 22.4 Å². The molecule has 250 valence electrons. The summed E-state index contributed by atoms with van der Waals surface area (Å²) in [4.78, 5) is 31.7. The van der Waals surface area contributed by atoms with E-state index in [2.05, 4.69) is 16.0 Å². The van der Waals surface area contributed by atoms with Crippen molar-refractivity contribution < 1.29 is 32.2 Å². The third-order valence-electron chi connectivity index (χ3n) is 8.12. The summed E-state index contributed by atoms with van der Waals surface area (Å²) in [5.74, 6) is -0.0621. The van der Waals surface area contributed by atoms with E-state index < -0.39 is 23.7 Å². The number of nitrogens with two attached hydrogens (primary N) is 1. The Morgan fingerprint density at radius 3 is 2.60 bits per heavy atom. The molecule has 10 nitrogen and oxygen atoms in total. The number of nitrogens with zero attached hydrogens (tertiary/aromatic N) is 2. The Hall–Kier alpha value is -4.46. The van der Waals surface area contributed by atoms with Crippen LogP contribution < -0.4 is 21.7 Å². The Balaban J connectivity index is 1.40. The van der Waals surface area contributed by atoms with Gasteiger partial charge in [-0.25, -0.2) is 4.98 Å². The lowest BCUT2D eigenvalue weighted by Gasteiger charge is -2.23. The number of carbonyl (C=O) groups is 2. The van der Waals surface area contributed by atoms with Gasteiger partial charge in [0.25, 0.3) is 5.91 Å². The molecule has 4 aromatic rings. The smallest absolute Gasteiger partial charge is 0.383 e. The molecule has 0 aliphatic carbocycles. The first-order valence-corrected chi connectivity index (χ1v) is 15.6. The van der Waals surface area contributed by atoms with Gasteiger partial charge in [-0.1, -0.05) is 32.4 Å². The highest BCUT2D eigenvalue weighted by molar-refractivity contribution is 6.03. The summed E-state index contributed by atoms with van der Waals surface area (Å²) in [5.41, 5.74) is 8.63. The zero-order chi connectivity index (χ0) is 33.6. The van der Waals surface area contributed by atoms with Crippen molar-refractivity contribution >= 4 is 34.2 Å². The molecule has 47 heavy (non-hydrogen) atoms. The van der Waals surface area contributed by atoms with Crippen molar-refractivity contribution in [1.82, 2.24) is 14.9 Å². The van der Waals surface area contributed by atoms with Crippen LogP contribution in [0.5, 0.6) is 0 Å². The van der Waals surface area contributed by atoms with Crippen molar-refractivity contribution in [2.24, 2.45) is 11.7 Å². The lowest BCUT2D eigenvalue weighted by Crippen LogP contribution is -2.29. The Bertz CT molecular complexity index is 1720. The molecule has 0 radical (unpaired) electrons. The van der Waals surface area contributed by atoms with Crippen molar-refractivity contribution in [2.75, 3.05) is 50.2 Å². The molecule has 0 fully saturated rings. The zero-order valence-electron chi connectivity index (χ0n) is 26.3. The summed E-state index contributed by atoms with van der Waals surface area (Å²) in [7, 11) is 0. The van der Waals surface area contributed by atoms with E-state index in [1.807, 2.05) is 36.6 Å². The lowest BCUT2D eigenvalue weighted by atomic mass is 9.97. The van der Waals surface area contributed by atoms with Crippen LogP contribution in [0.3, 0.4) is 0 Å². The van der Waals surface area contributed by atoms with Crippen LogP contribution in [-0.2, 0) is 27.0 Å². The number of amides is 2.